The lowest BCUT2D eigenvalue weighted by Gasteiger charge is -2.32. The maximum Gasteiger partial charge on any atom is 0.271 e. The number of rotatable bonds is 3. The van der Waals surface area contributed by atoms with Crippen molar-refractivity contribution in [2.24, 2.45) is 0 Å². The molecule has 2 heterocycles. The van der Waals surface area contributed by atoms with Crippen LogP contribution in [0.25, 0.3) is 0 Å². The fourth-order valence-electron chi connectivity index (χ4n) is 3.70. The lowest BCUT2D eigenvalue weighted by atomic mass is 9.98. The number of carbonyl (C=O) groups is 2. The highest BCUT2D eigenvalue weighted by Crippen LogP contribution is 2.30. The lowest BCUT2D eigenvalue weighted by Crippen LogP contribution is -2.44. The molecule has 1 fully saturated rings. The molecule has 7 heteroatoms. The number of hydrogen-bond acceptors (Lipinski definition) is 5. The molecule has 26 heavy (non-hydrogen) atoms. The number of nitrogens with zero attached hydrogens (tertiary/aromatic N) is 3. The van der Waals surface area contributed by atoms with E-state index in [1.165, 1.54) is 29.3 Å². The predicted molar refractivity (Wildman–Crippen MR) is 94.6 cm³/mol. The molecule has 4 rings (SSSR count). The van der Waals surface area contributed by atoms with Crippen LogP contribution in [0.2, 0.25) is 0 Å². The van der Waals surface area contributed by atoms with Crippen molar-refractivity contribution >= 4 is 23.2 Å². The molecular weight excluding hydrogens is 334 g/mol. The number of non-ortho nitro benzene ring substituents is 1. The van der Waals surface area contributed by atoms with Gasteiger partial charge in [0.2, 0.25) is 5.91 Å². The molecule has 0 aromatic heterocycles. The first kappa shape index (κ1) is 16.4. The largest absolute Gasteiger partial charge is 0.287 e. The van der Waals surface area contributed by atoms with Crippen molar-refractivity contribution in [2.75, 3.05) is 11.4 Å². The zero-order valence-corrected chi connectivity index (χ0v) is 14.0. The number of imide groups is 1. The summed E-state index contributed by atoms with van der Waals surface area (Å²) in [7, 11) is 0. The van der Waals surface area contributed by atoms with Gasteiger partial charge < -0.3 is 0 Å². The lowest BCUT2D eigenvalue weighted by molar-refractivity contribution is -0.384. The Kier molecular flexibility index (Phi) is 4.00. The molecule has 0 bridgehead atoms. The van der Waals surface area contributed by atoms with Crippen molar-refractivity contribution in [3.05, 3.63) is 69.8 Å². The zero-order valence-electron chi connectivity index (χ0n) is 14.0. The molecule has 0 spiro atoms. The second-order valence-corrected chi connectivity index (χ2v) is 6.55. The van der Waals surface area contributed by atoms with E-state index in [0.29, 0.717) is 13.1 Å². The van der Waals surface area contributed by atoms with Crippen molar-refractivity contribution < 1.29 is 14.5 Å². The Labute approximate surface area is 150 Å². The van der Waals surface area contributed by atoms with Crippen LogP contribution in [0.3, 0.4) is 0 Å². The molecule has 1 saturated heterocycles. The monoisotopic (exact) mass is 351 g/mol. The van der Waals surface area contributed by atoms with Gasteiger partial charge in [-0.1, -0.05) is 30.3 Å². The maximum absolute atomic E-state index is 12.9. The van der Waals surface area contributed by atoms with Crippen LogP contribution in [-0.2, 0) is 22.6 Å². The van der Waals surface area contributed by atoms with Crippen LogP contribution in [0.5, 0.6) is 0 Å². The van der Waals surface area contributed by atoms with Crippen LogP contribution in [0.15, 0.2) is 48.5 Å². The van der Waals surface area contributed by atoms with Crippen LogP contribution in [0, 0.1) is 10.1 Å². The smallest absolute Gasteiger partial charge is 0.271 e. The van der Waals surface area contributed by atoms with Gasteiger partial charge in [-0.3, -0.25) is 24.6 Å². The highest BCUT2D eigenvalue weighted by molar-refractivity contribution is 6.22. The van der Waals surface area contributed by atoms with E-state index in [4.69, 9.17) is 0 Å². The Morgan fingerprint density at radius 3 is 2.58 bits per heavy atom. The van der Waals surface area contributed by atoms with Gasteiger partial charge in [0.15, 0.2) is 0 Å². The quantitative estimate of drug-likeness (QED) is 0.481. The summed E-state index contributed by atoms with van der Waals surface area (Å²) in [6.45, 7) is 1.34. The minimum atomic E-state index is -0.534. The molecule has 0 radical (unpaired) electrons. The molecule has 1 unspecified atom stereocenters. The number of fused-ring (bicyclic) bond motifs is 1. The van der Waals surface area contributed by atoms with Crippen molar-refractivity contribution in [2.45, 2.75) is 25.4 Å². The Bertz CT molecular complexity index is 911. The average molecular weight is 351 g/mol. The number of carbonyl (C=O) groups excluding carboxylic acids is 2. The first-order valence-corrected chi connectivity index (χ1v) is 8.46. The summed E-state index contributed by atoms with van der Waals surface area (Å²) < 4.78 is 0. The molecule has 0 saturated carbocycles. The molecule has 0 aliphatic carbocycles. The number of anilines is 1. The number of nitro benzene ring substituents is 1. The summed E-state index contributed by atoms with van der Waals surface area (Å²) in [5, 5.41) is 11.0. The van der Waals surface area contributed by atoms with E-state index in [0.717, 1.165) is 11.3 Å². The van der Waals surface area contributed by atoms with E-state index in [9.17, 15) is 19.7 Å². The molecule has 2 aromatic carbocycles. The molecular formula is C19H17N3O4. The van der Waals surface area contributed by atoms with Gasteiger partial charge in [-0.05, 0) is 23.6 Å². The normalized spacial score (nSPS) is 20.3. The third-order valence-corrected chi connectivity index (χ3v) is 5.02. The fraction of sp³-hybridized carbons (Fsp3) is 0.263. The van der Waals surface area contributed by atoms with E-state index in [2.05, 4.69) is 6.07 Å². The average Bonchev–Trinajstić information content (AvgIpc) is 2.95. The molecule has 1 atom stereocenters. The van der Waals surface area contributed by atoms with Gasteiger partial charge in [0, 0.05) is 25.2 Å². The number of hydrogen-bond donors (Lipinski definition) is 0. The fourth-order valence-corrected chi connectivity index (χ4v) is 3.70. The third kappa shape index (κ3) is 2.76. The third-order valence-electron chi connectivity index (χ3n) is 5.02. The number of amides is 2. The second kappa shape index (κ2) is 6.34. The Morgan fingerprint density at radius 1 is 1.04 bits per heavy atom. The minimum Gasteiger partial charge on any atom is -0.287 e. The SMILES string of the molecule is O=C1CC(N2CCc3ccccc3C2)C(=O)N1c1cccc([N+](=O)[O-])c1. The topological polar surface area (TPSA) is 83.8 Å². The minimum absolute atomic E-state index is 0.101. The van der Waals surface area contributed by atoms with Crippen LogP contribution in [0.1, 0.15) is 17.5 Å². The van der Waals surface area contributed by atoms with Crippen molar-refractivity contribution in [3.63, 3.8) is 0 Å². The Morgan fingerprint density at radius 2 is 1.81 bits per heavy atom. The highest BCUT2D eigenvalue weighted by atomic mass is 16.6. The van der Waals surface area contributed by atoms with Gasteiger partial charge >= 0.3 is 0 Å². The molecule has 132 valence electrons. The van der Waals surface area contributed by atoms with E-state index in [1.54, 1.807) is 6.07 Å². The zero-order chi connectivity index (χ0) is 18.3. The Hall–Kier alpha value is -3.06. The van der Waals surface area contributed by atoms with Crippen molar-refractivity contribution in [1.82, 2.24) is 4.90 Å². The van der Waals surface area contributed by atoms with Gasteiger partial charge in [-0.2, -0.15) is 0 Å². The van der Waals surface area contributed by atoms with Crippen molar-refractivity contribution in [1.29, 1.82) is 0 Å². The molecule has 2 aliphatic rings. The summed E-state index contributed by atoms with van der Waals surface area (Å²) in [5.41, 5.74) is 2.57. The van der Waals surface area contributed by atoms with Gasteiger partial charge in [0.1, 0.15) is 0 Å². The van der Waals surface area contributed by atoms with Crippen LogP contribution < -0.4 is 4.90 Å². The van der Waals surface area contributed by atoms with Gasteiger partial charge in [0.05, 0.1) is 23.1 Å². The molecule has 2 aliphatic heterocycles. The maximum atomic E-state index is 12.9. The van der Waals surface area contributed by atoms with E-state index in [1.807, 2.05) is 23.1 Å². The number of benzene rings is 2. The molecule has 7 nitrogen and oxygen atoms in total. The second-order valence-electron chi connectivity index (χ2n) is 6.55. The summed E-state index contributed by atoms with van der Waals surface area (Å²) >= 11 is 0. The standard InChI is InChI=1S/C19H17N3O4/c23-18-11-17(20-9-8-13-4-1-2-5-14(13)12-20)19(24)21(18)15-6-3-7-16(10-15)22(25)26/h1-7,10,17H,8-9,11-12H2. The summed E-state index contributed by atoms with van der Waals surface area (Å²) in [4.78, 5) is 38.9. The molecule has 0 N–H and O–H groups in total. The van der Waals surface area contributed by atoms with Gasteiger partial charge in [0.25, 0.3) is 11.6 Å². The van der Waals surface area contributed by atoms with Gasteiger partial charge in [-0.15, -0.1) is 0 Å². The van der Waals surface area contributed by atoms with Gasteiger partial charge in [-0.25, -0.2) is 4.90 Å². The predicted octanol–water partition coefficient (Wildman–Crippen LogP) is 2.29. The summed E-state index contributed by atoms with van der Waals surface area (Å²) in [6, 6.07) is 13.2. The summed E-state index contributed by atoms with van der Waals surface area (Å²) in [6.07, 6.45) is 0.939. The van der Waals surface area contributed by atoms with Crippen LogP contribution >= 0.6 is 0 Å². The molecule has 2 aromatic rings. The Balaban J connectivity index is 1.58. The van der Waals surface area contributed by atoms with E-state index < -0.39 is 11.0 Å². The van der Waals surface area contributed by atoms with Crippen molar-refractivity contribution in [3.8, 4) is 0 Å². The number of nitro groups is 1. The highest BCUT2D eigenvalue weighted by Gasteiger charge is 2.43. The first-order valence-electron chi connectivity index (χ1n) is 8.46. The van der Waals surface area contributed by atoms with Crippen LogP contribution in [0.4, 0.5) is 11.4 Å². The molecule has 2 amide bonds. The summed E-state index contributed by atoms with van der Waals surface area (Å²) in [5.74, 6) is -0.630. The van der Waals surface area contributed by atoms with E-state index >= 15 is 0 Å². The first-order chi connectivity index (χ1) is 12.5. The van der Waals surface area contributed by atoms with E-state index in [-0.39, 0.29) is 29.6 Å². The van der Waals surface area contributed by atoms with Crippen LogP contribution in [-0.4, -0.2) is 34.2 Å².